The Labute approximate surface area is 158 Å². The molecule has 1 atom stereocenters. The molecule has 1 aromatic carbocycles. The maximum Gasteiger partial charge on any atom is 0.237 e. The number of aromatic nitrogens is 3. The zero-order chi connectivity index (χ0) is 17.4. The predicted molar refractivity (Wildman–Crippen MR) is 97.6 cm³/mol. The van der Waals surface area contributed by atoms with Crippen molar-refractivity contribution in [3.05, 3.63) is 33.0 Å². The van der Waals surface area contributed by atoms with Crippen LogP contribution < -0.4 is 11.2 Å². The third-order valence-electron chi connectivity index (χ3n) is 3.54. The molecule has 1 amide bonds. The van der Waals surface area contributed by atoms with Crippen molar-refractivity contribution in [1.82, 2.24) is 14.9 Å². The number of hydrogen-bond acceptors (Lipinski definition) is 5. The Bertz CT molecular complexity index is 770. The molecule has 1 aliphatic rings. The molecular weight excluding hydrogens is 393 g/mol. The average molecular weight is 407 g/mol. The highest BCUT2D eigenvalue weighted by Crippen LogP contribution is 2.39. The van der Waals surface area contributed by atoms with Crippen molar-refractivity contribution >= 4 is 58.2 Å². The summed E-state index contributed by atoms with van der Waals surface area (Å²) >= 11 is 19.2. The van der Waals surface area contributed by atoms with E-state index in [0.29, 0.717) is 21.8 Å². The van der Waals surface area contributed by atoms with E-state index in [1.807, 2.05) is 0 Å². The number of rotatable bonds is 5. The molecule has 1 aromatic heterocycles. The van der Waals surface area contributed by atoms with Gasteiger partial charge < -0.3 is 11.2 Å². The number of nitrogens with one attached hydrogen (secondary N) is 1. The minimum absolute atomic E-state index is 0.274. The second-order valence-electron chi connectivity index (χ2n) is 5.48. The van der Waals surface area contributed by atoms with Gasteiger partial charge in [0.05, 0.1) is 21.0 Å². The van der Waals surface area contributed by atoms with Gasteiger partial charge in [-0.05, 0) is 31.9 Å². The van der Waals surface area contributed by atoms with Crippen LogP contribution in [-0.2, 0) is 4.79 Å². The molecule has 3 rings (SSSR count). The maximum atomic E-state index is 12.4. The SMILES string of the molecule is C[C@H](Sc1nnc(C2CC2)n1N)C(=O)Nc1c(Cl)cc(Cl)cc1Cl. The second-order valence-corrected chi connectivity index (χ2v) is 8.04. The second kappa shape index (κ2) is 7.00. The fourth-order valence-electron chi connectivity index (χ4n) is 2.09. The van der Waals surface area contributed by atoms with Crippen molar-refractivity contribution in [2.75, 3.05) is 11.2 Å². The number of halogens is 3. The normalized spacial score (nSPS) is 15.3. The summed E-state index contributed by atoms with van der Waals surface area (Å²) in [6.45, 7) is 1.74. The average Bonchev–Trinajstić information content (AvgIpc) is 3.28. The van der Waals surface area contributed by atoms with Crippen LogP contribution in [0.5, 0.6) is 0 Å². The Kier molecular flexibility index (Phi) is 5.15. The Morgan fingerprint density at radius 3 is 2.54 bits per heavy atom. The third-order valence-corrected chi connectivity index (χ3v) is 5.41. The number of hydrogen-bond donors (Lipinski definition) is 2. The molecule has 128 valence electrons. The molecule has 1 aliphatic carbocycles. The van der Waals surface area contributed by atoms with Crippen LogP contribution in [0.2, 0.25) is 15.1 Å². The monoisotopic (exact) mass is 405 g/mol. The number of benzene rings is 1. The molecule has 24 heavy (non-hydrogen) atoms. The molecule has 2 aromatic rings. The Morgan fingerprint density at radius 1 is 1.33 bits per heavy atom. The molecule has 0 saturated heterocycles. The van der Waals surface area contributed by atoms with E-state index in [1.54, 1.807) is 6.92 Å². The van der Waals surface area contributed by atoms with Gasteiger partial charge in [-0.15, -0.1) is 10.2 Å². The first-order valence-electron chi connectivity index (χ1n) is 7.19. The van der Waals surface area contributed by atoms with Crippen LogP contribution in [-0.4, -0.2) is 26.0 Å². The van der Waals surface area contributed by atoms with Crippen molar-refractivity contribution in [3.63, 3.8) is 0 Å². The number of thioether (sulfide) groups is 1. The van der Waals surface area contributed by atoms with E-state index in [1.165, 1.54) is 28.6 Å². The van der Waals surface area contributed by atoms with E-state index in [0.717, 1.165) is 18.7 Å². The zero-order valence-electron chi connectivity index (χ0n) is 12.6. The van der Waals surface area contributed by atoms with E-state index in [-0.39, 0.29) is 16.0 Å². The molecule has 0 radical (unpaired) electrons. The molecular formula is C14H14Cl3N5OS. The van der Waals surface area contributed by atoms with Gasteiger partial charge in [-0.3, -0.25) is 4.79 Å². The van der Waals surface area contributed by atoms with Gasteiger partial charge in [-0.2, -0.15) is 0 Å². The van der Waals surface area contributed by atoms with Crippen LogP contribution in [0, 0.1) is 0 Å². The largest absolute Gasteiger partial charge is 0.336 e. The lowest BCUT2D eigenvalue weighted by molar-refractivity contribution is -0.115. The highest BCUT2D eigenvalue weighted by Gasteiger charge is 2.30. The van der Waals surface area contributed by atoms with Crippen LogP contribution in [0.3, 0.4) is 0 Å². The van der Waals surface area contributed by atoms with Gasteiger partial charge in [0.25, 0.3) is 0 Å². The molecule has 3 N–H and O–H groups in total. The summed E-state index contributed by atoms with van der Waals surface area (Å²) in [6, 6.07) is 3.03. The summed E-state index contributed by atoms with van der Waals surface area (Å²) in [5.74, 6) is 6.86. The Balaban J connectivity index is 1.69. The highest BCUT2D eigenvalue weighted by molar-refractivity contribution is 8.00. The number of nitrogens with zero attached hydrogens (tertiary/aromatic N) is 3. The molecule has 0 aliphatic heterocycles. The molecule has 1 saturated carbocycles. The first kappa shape index (κ1) is 17.7. The number of amides is 1. The van der Waals surface area contributed by atoms with E-state index in [9.17, 15) is 4.79 Å². The molecule has 0 spiro atoms. The van der Waals surface area contributed by atoms with Gasteiger partial charge >= 0.3 is 0 Å². The fourth-order valence-corrected chi connectivity index (χ4v) is 3.78. The number of nitrogens with two attached hydrogens (primary N) is 1. The van der Waals surface area contributed by atoms with Gasteiger partial charge in [-0.25, -0.2) is 4.68 Å². The molecule has 10 heteroatoms. The fraction of sp³-hybridized carbons (Fsp3) is 0.357. The summed E-state index contributed by atoms with van der Waals surface area (Å²) in [6.07, 6.45) is 2.15. The van der Waals surface area contributed by atoms with E-state index >= 15 is 0 Å². The van der Waals surface area contributed by atoms with Gasteiger partial charge in [0.1, 0.15) is 0 Å². The van der Waals surface area contributed by atoms with E-state index in [4.69, 9.17) is 40.6 Å². The van der Waals surface area contributed by atoms with E-state index in [2.05, 4.69) is 15.5 Å². The van der Waals surface area contributed by atoms with Crippen LogP contribution in [0.4, 0.5) is 5.69 Å². The summed E-state index contributed by atoms with van der Waals surface area (Å²) in [7, 11) is 0. The highest BCUT2D eigenvalue weighted by atomic mass is 35.5. The standard InChI is InChI=1S/C14H14Cl3N5OS/c1-6(24-14-21-20-12(22(14)18)7-2-3-7)13(23)19-11-9(16)4-8(15)5-10(11)17/h4-7H,2-3,18H2,1H3,(H,19,23)/t6-/m0/s1. The topological polar surface area (TPSA) is 85.8 Å². The van der Waals surface area contributed by atoms with Crippen LogP contribution >= 0.6 is 46.6 Å². The number of nitrogen functional groups attached to an aromatic ring is 1. The summed E-state index contributed by atoms with van der Waals surface area (Å²) in [5, 5.41) is 11.8. The molecule has 1 fully saturated rings. The molecule has 0 bridgehead atoms. The van der Waals surface area contributed by atoms with Crippen LogP contribution in [0.25, 0.3) is 0 Å². The van der Waals surface area contributed by atoms with Crippen molar-refractivity contribution in [3.8, 4) is 0 Å². The molecule has 6 nitrogen and oxygen atoms in total. The van der Waals surface area contributed by atoms with Crippen LogP contribution in [0.15, 0.2) is 17.3 Å². The van der Waals surface area contributed by atoms with Gasteiger partial charge in [0.15, 0.2) is 5.82 Å². The van der Waals surface area contributed by atoms with E-state index < -0.39 is 5.25 Å². The zero-order valence-corrected chi connectivity index (χ0v) is 15.7. The number of anilines is 1. The Morgan fingerprint density at radius 2 is 1.96 bits per heavy atom. The molecule has 1 heterocycles. The van der Waals surface area contributed by atoms with Gasteiger partial charge in [0.2, 0.25) is 11.1 Å². The third kappa shape index (κ3) is 3.74. The minimum Gasteiger partial charge on any atom is -0.336 e. The lowest BCUT2D eigenvalue weighted by Gasteiger charge is -2.14. The summed E-state index contributed by atoms with van der Waals surface area (Å²) in [4.78, 5) is 12.4. The summed E-state index contributed by atoms with van der Waals surface area (Å²) < 4.78 is 1.45. The van der Waals surface area contributed by atoms with Crippen molar-refractivity contribution in [2.45, 2.75) is 36.1 Å². The van der Waals surface area contributed by atoms with Crippen molar-refractivity contribution in [2.24, 2.45) is 0 Å². The number of carbonyl (C=O) groups is 1. The minimum atomic E-state index is -0.466. The van der Waals surface area contributed by atoms with Crippen LogP contribution in [0.1, 0.15) is 31.5 Å². The Hall–Kier alpha value is -1.15. The quantitative estimate of drug-likeness (QED) is 0.580. The first-order chi connectivity index (χ1) is 11.4. The van der Waals surface area contributed by atoms with Gasteiger partial charge in [-0.1, -0.05) is 46.6 Å². The lowest BCUT2D eigenvalue weighted by atomic mass is 10.3. The molecule has 0 unspecified atom stereocenters. The van der Waals surface area contributed by atoms with Gasteiger partial charge in [0, 0.05) is 10.9 Å². The lowest BCUT2D eigenvalue weighted by Crippen LogP contribution is -2.24. The smallest absolute Gasteiger partial charge is 0.237 e. The number of carbonyl (C=O) groups excluding carboxylic acids is 1. The van der Waals surface area contributed by atoms with Crippen molar-refractivity contribution < 1.29 is 4.79 Å². The maximum absolute atomic E-state index is 12.4. The predicted octanol–water partition coefficient (Wildman–Crippen LogP) is 3.95. The first-order valence-corrected chi connectivity index (χ1v) is 9.20. The van der Waals surface area contributed by atoms with Crippen molar-refractivity contribution in [1.29, 1.82) is 0 Å². The summed E-state index contributed by atoms with van der Waals surface area (Å²) in [5.41, 5.74) is 0.327.